The quantitative estimate of drug-likeness (QED) is 0.796. The Hall–Kier alpha value is -0.910. The molecule has 5 nitrogen and oxygen atoms in total. The molecule has 0 saturated carbocycles. The van der Waals surface area contributed by atoms with Crippen LogP contribution in [-0.2, 0) is 22.9 Å². The minimum absolute atomic E-state index is 0.0877. The van der Waals surface area contributed by atoms with Crippen LogP contribution in [0, 0.1) is 0 Å². The lowest BCUT2D eigenvalue weighted by molar-refractivity contribution is -0.111. The summed E-state index contributed by atoms with van der Waals surface area (Å²) in [4.78, 5) is 0. The fourth-order valence-electron chi connectivity index (χ4n) is 3.19. The van der Waals surface area contributed by atoms with Crippen LogP contribution in [0.3, 0.4) is 0 Å². The van der Waals surface area contributed by atoms with E-state index in [-0.39, 0.29) is 5.60 Å². The van der Waals surface area contributed by atoms with Gasteiger partial charge in [0, 0.05) is 52.5 Å². The summed E-state index contributed by atoms with van der Waals surface area (Å²) in [5.41, 5.74) is 1.20. The predicted molar refractivity (Wildman–Crippen MR) is 83.4 cm³/mol. The van der Waals surface area contributed by atoms with Crippen molar-refractivity contribution in [2.24, 2.45) is 7.05 Å². The van der Waals surface area contributed by atoms with Gasteiger partial charge in [-0.2, -0.15) is 5.10 Å². The van der Waals surface area contributed by atoms with E-state index < -0.39 is 0 Å². The number of hydrogen-bond acceptors (Lipinski definition) is 4. The smallest absolute Gasteiger partial charge is 0.0874 e. The number of rotatable bonds is 8. The van der Waals surface area contributed by atoms with Gasteiger partial charge in [0.1, 0.15) is 0 Å². The van der Waals surface area contributed by atoms with E-state index in [1.165, 1.54) is 5.56 Å². The number of nitrogens with zero attached hydrogens (tertiary/aromatic N) is 2. The number of aromatic nitrogens is 2. The van der Waals surface area contributed by atoms with Crippen LogP contribution in [0.1, 0.15) is 38.2 Å². The molecule has 0 aromatic carbocycles. The highest BCUT2D eigenvalue weighted by atomic mass is 16.5. The Kier molecular flexibility index (Phi) is 6.21. The van der Waals surface area contributed by atoms with E-state index in [4.69, 9.17) is 9.47 Å². The fourth-order valence-corrected chi connectivity index (χ4v) is 3.19. The monoisotopic (exact) mass is 295 g/mol. The van der Waals surface area contributed by atoms with Gasteiger partial charge in [0.2, 0.25) is 0 Å². The molecule has 1 aromatic rings. The van der Waals surface area contributed by atoms with Crippen LogP contribution >= 0.6 is 0 Å². The van der Waals surface area contributed by atoms with Crippen molar-refractivity contribution in [2.45, 2.75) is 50.7 Å². The summed E-state index contributed by atoms with van der Waals surface area (Å²) in [5.74, 6) is 0. The molecule has 0 bridgehead atoms. The first-order chi connectivity index (χ1) is 10.2. The van der Waals surface area contributed by atoms with E-state index >= 15 is 0 Å². The van der Waals surface area contributed by atoms with Gasteiger partial charge in [-0.05, 0) is 31.4 Å². The molecule has 0 aliphatic carbocycles. The van der Waals surface area contributed by atoms with Gasteiger partial charge in [0.25, 0.3) is 0 Å². The van der Waals surface area contributed by atoms with Crippen molar-refractivity contribution in [1.29, 1.82) is 0 Å². The van der Waals surface area contributed by atoms with Crippen molar-refractivity contribution in [3.63, 3.8) is 0 Å². The van der Waals surface area contributed by atoms with Crippen molar-refractivity contribution in [2.75, 3.05) is 26.9 Å². The molecule has 1 unspecified atom stereocenters. The summed E-state index contributed by atoms with van der Waals surface area (Å²) in [7, 11) is 3.81. The number of nitrogens with one attached hydrogen (secondary N) is 1. The lowest BCUT2D eigenvalue weighted by Gasteiger charge is -2.43. The lowest BCUT2D eigenvalue weighted by Crippen LogP contribution is -2.55. The summed E-state index contributed by atoms with van der Waals surface area (Å²) in [6.07, 6.45) is 9.23. The van der Waals surface area contributed by atoms with Crippen molar-refractivity contribution in [1.82, 2.24) is 15.1 Å². The lowest BCUT2D eigenvalue weighted by atomic mass is 9.83. The van der Waals surface area contributed by atoms with Crippen LogP contribution in [-0.4, -0.2) is 48.3 Å². The minimum Gasteiger partial charge on any atom is -0.381 e. The molecular weight excluding hydrogens is 266 g/mol. The van der Waals surface area contributed by atoms with Crippen LogP contribution in [0.4, 0.5) is 0 Å². The molecule has 21 heavy (non-hydrogen) atoms. The summed E-state index contributed by atoms with van der Waals surface area (Å²) < 4.78 is 13.4. The second-order valence-electron chi connectivity index (χ2n) is 5.95. The number of ether oxygens (including phenoxy) is 2. The molecule has 120 valence electrons. The second kappa shape index (κ2) is 7.92. The Bertz CT molecular complexity index is 413. The molecule has 0 amide bonds. The zero-order valence-corrected chi connectivity index (χ0v) is 13.6. The van der Waals surface area contributed by atoms with Crippen LogP contribution in [0.5, 0.6) is 0 Å². The van der Waals surface area contributed by atoms with Gasteiger partial charge in [0.05, 0.1) is 11.8 Å². The number of hydrogen-bond donors (Lipinski definition) is 1. The zero-order chi connectivity index (χ0) is 15.1. The molecule has 0 radical (unpaired) electrons. The van der Waals surface area contributed by atoms with E-state index in [2.05, 4.69) is 23.5 Å². The minimum atomic E-state index is -0.0877. The highest BCUT2D eigenvalue weighted by Gasteiger charge is 2.39. The van der Waals surface area contributed by atoms with Gasteiger partial charge in [0.15, 0.2) is 0 Å². The van der Waals surface area contributed by atoms with Gasteiger partial charge in [-0.3, -0.25) is 4.68 Å². The van der Waals surface area contributed by atoms with E-state index in [0.717, 1.165) is 51.9 Å². The van der Waals surface area contributed by atoms with Gasteiger partial charge in [-0.25, -0.2) is 0 Å². The summed E-state index contributed by atoms with van der Waals surface area (Å²) in [6, 6.07) is 0.367. The van der Waals surface area contributed by atoms with Crippen molar-refractivity contribution in [3.05, 3.63) is 18.0 Å². The van der Waals surface area contributed by atoms with Crippen molar-refractivity contribution in [3.8, 4) is 0 Å². The molecule has 2 heterocycles. The summed E-state index contributed by atoms with van der Waals surface area (Å²) in [5, 5.41) is 7.95. The second-order valence-corrected chi connectivity index (χ2v) is 5.95. The first kappa shape index (κ1) is 16.5. The van der Waals surface area contributed by atoms with E-state index in [1.807, 2.05) is 25.0 Å². The molecule has 0 spiro atoms. The molecule has 1 atom stereocenters. The van der Waals surface area contributed by atoms with Gasteiger partial charge in [-0.1, -0.05) is 6.92 Å². The number of methoxy groups -OCH3 is 1. The summed E-state index contributed by atoms with van der Waals surface area (Å²) >= 11 is 0. The highest BCUT2D eigenvalue weighted by molar-refractivity contribution is 5.06. The Labute approximate surface area is 128 Å². The maximum atomic E-state index is 5.97. The van der Waals surface area contributed by atoms with Gasteiger partial charge in [-0.15, -0.1) is 0 Å². The van der Waals surface area contributed by atoms with Crippen LogP contribution < -0.4 is 5.32 Å². The Balaban J connectivity index is 2.01. The van der Waals surface area contributed by atoms with Crippen LogP contribution in [0.15, 0.2) is 12.4 Å². The third-order valence-corrected chi connectivity index (χ3v) is 4.50. The Morgan fingerprint density at radius 1 is 1.48 bits per heavy atom. The molecular formula is C16H29N3O2. The first-order valence-corrected chi connectivity index (χ1v) is 8.04. The Morgan fingerprint density at radius 3 is 2.81 bits per heavy atom. The van der Waals surface area contributed by atoms with E-state index in [9.17, 15) is 0 Å². The third-order valence-electron chi connectivity index (χ3n) is 4.50. The molecule has 1 aliphatic rings. The predicted octanol–water partition coefficient (Wildman–Crippen LogP) is 1.92. The molecule has 1 fully saturated rings. The molecule has 2 rings (SSSR count). The maximum absolute atomic E-state index is 5.97. The largest absolute Gasteiger partial charge is 0.381 e. The number of aryl methyl sites for hydroxylation is 2. The molecule has 1 aromatic heterocycles. The average molecular weight is 295 g/mol. The highest BCUT2D eigenvalue weighted by Crippen LogP contribution is 2.30. The first-order valence-electron chi connectivity index (χ1n) is 8.04. The van der Waals surface area contributed by atoms with Crippen molar-refractivity contribution < 1.29 is 9.47 Å². The topological polar surface area (TPSA) is 48.3 Å². The zero-order valence-electron chi connectivity index (χ0n) is 13.6. The summed E-state index contributed by atoms with van der Waals surface area (Å²) in [6.45, 7) is 4.83. The molecule has 5 heteroatoms. The van der Waals surface area contributed by atoms with Crippen molar-refractivity contribution >= 4 is 0 Å². The standard InChI is InChI=1S/C16H29N3O2/c1-4-9-17-15(6-5-14-12-18-19(2)13-14)16(20-3)7-10-21-11-8-16/h12-13,15,17H,4-11H2,1-3H3. The Morgan fingerprint density at radius 2 is 2.24 bits per heavy atom. The maximum Gasteiger partial charge on any atom is 0.0874 e. The molecule has 1 saturated heterocycles. The fraction of sp³-hybridized carbons (Fsp3) is 0.812. The third kappa shape index (κ3) is 4.28. The average Bonchev–Trinajstić information content (AvgIpc) is 2.93. The molecule has 1 N–H and O–H groups in total. The van der Waals surface area contributed by atoms with E-state index in [1.54, 1.807) is 0 Å². The van der Waals surface area contributed by atoms with E-state index in [0.29, 0.717) is 6.04 Å². The van der Waals surface area contributed by atoms with Crippen LogP contribution in [0.25, 0.3) is 0 Å². The normalized spacial score (nSPS) is 19.6. The van der Waals surface area contributed by atoms with Gasteiger partial charge >= 0.3 is 0 Å². The van der Waals surface area contributed by atoms with Gasteiger partial charge < -0.3 is 14.8 Å². The SMILES string of the molecule is CCCNC(CCc1cnn(C)c1)C1(OC)CCOCC1. The molecule has 1 aliphatic heterocycles. The van der Waals surface area contributed by atoms with Crippen LogP contribution in [0.2, 0.25) is 0 Å².